The topological polar surface area (TPSA) is 0 Å². The molecule has 0 amide bonds. The van der Waals surface area contributed by atoms with Gasteiger partial charge in [-0.25, -0.2) is 8.78 Å². The predicted octanol–water partition coefficient (Wildman–Crippen LogP) is 3.47. The summed E-state index contributed by atoms with van der Waals surface area (Å²) in [6.07, 6.45) is 0. The number of hydrogen-bond acceptors (Lipinski definition) is 1. The second kappa shape index (κ2) is 3.90. The van der Waals surface area contributed by atoms with Crippen LogP contribution in [0.3, 0.4) is 0 Å². The summed E-state index contributed by atoms with van der Waals surface area (Å²) in [5.41, 5.74) is 0. The lowest BCUT2D eigenvalue weighted by Gasteiger charge is -2.04. The molecule has 0 bridgehead atoms. The van der Waals surface area contributed by atoms with Gasteiger partial charge in [-0.05, 0) is 12.1 Å². The highest BCUT2D eigenvalue weighted by Gasteiger charge is 2.02. The lowest BCUT2D eigenvalue weighted by atomic mass is 10.3. The molecule has 0 aromatic heterocycles. The number of benzene rings is 1. The Bertz CT molecular complexity index is 251. The number of halogens is 2. The van der Waals surface area contributed by atoms with Gasteiger partial charge in [0.2, 0.25) is 0 Å². The van der Waals surface area contributed by atoms with Gasteiger partial charge in [0.15, 0.2) is 0 Å². The SMILES string of the molecule is CC(C)Sc1cc(F)cc(F)c1. The monoisotopic (exact) mass is 188 g/mol. The number of thioether (sulfide) groups is 1. The van der Waals surface area contributed by atoms with E-state index in [1.807, 2.05) is 13.8 Å². The van der Waals surface area contributed by atoms with E-state index in [-0.39, 0.29) is 0 Å². The summed E-state index contributed by atoms with van der Waals surface area (Å²) < 4.78 is 25.3. The summed E-state index contributed by atoms with van der Waals surface area (Å²) in [5.74, 6) is -1.03. The molecule has 0 spiro atoms. The van der Waals surface area contributed by atoms with Crippen LogP contribution in [0.2, 0.25) is 0 Å². The first-order valence-electron chi connectivity index (χ1n) is 3.70. The van der Waals surface area contributed by atoms with Gasteiger partial charge in [-0.15, -0.1) is 11.8 Å². The first kappa shape index (κ1) is 9.52. The Morgan fingerprint density at radius 1 is 1.08 bits per heavy atom. The second-order valence-corrected chi connectivity index (χ2v) is 4.42. The fraction of sp³-hybridized carbons (Fsp3) is 0.333. The van der Waals surface area contributed by atoms with Crippen molar-refractivity contribution in [2.45, 2.75) is 24.0 Å². The molecule has 0 aliphatic rings. The third kappa shape index (κ3) is 2.81. The van der Waals surface area contributed by atoms with Crippen LogP contribution < -0.4 is 0 Å². The van der Waals surface area contributed by atoms with Crippen LogP contribution in [0.15, 0.2) is 23.1 Å². The zero-order chi connectivity index (χ0) is 9.14. The highest BCUT2D eigenvalue weighted by molar-refractivity contribution is 7.99. The summed E-state index contributed by atoms with van der Waals surface area (Å²) in [6, 6.07) is 3.56. The standard InChI is InChI=1S/C9H10F2S/c1-6(2)12-9-4-7(10)3-8(11)5-9/h3-6H,1-2H3. The molecule has 0 aliphatic heterocycles. The maximum atomic E-state index is 12.6. The number of hydrogen-bond donors (Lipinski definition) is 0. The summed E-state index contributed by atoms with van der Waals surface area (Å²) >= 11 is 1.45. The van der Waals surface area contributed by atoms with E-state index >= 15 is 0 Å². The maximum absolute atomic E-state index is 12.6. The van der Waals surface area contributed by atoms with Crippen molar-refractivity contribution < 1.29 is 8.78 Å². The average molecular weight is 188 g/mol. The van der Waals surface area contributed by atoms with Crippen molar-refractivity contribution in [2.75, 3.05) is 0 Å². The highest BCUT2D eigenvalue weighted by atomic mass is 32.2. The summed E-state index contributed by atoms with van der Waals surface area (Å²) in [7, 11) is 0. The molecule has 0 N–H and O–H groups in total. The molecule has 0 heterocycles. The van der Waals surface area contributed by atoms with E-state index in [4.69, 9.17) is 0 Å². The predicted molar refractivity (Wildman–Crippen MR) is 47.4 cm³/mol. The molecule has 0 unspecified atom stereocenters. The molecular formula is C9H10F2S. The Morgan fingerprint density at radius 3 is 2.00 bits per heavy atom. The molecule has 0 saturated heterocycles. The fourth-order valence-corrected chi connectivity index (χ4v) is 1.77. The van der Waals surface area contributed by atoms with Gasteiger partial charge >= 0.3 is 0 Å². The van der Waals surface area contributed by atoms with E-state index in [0.717, 1.165) is 6.07 Å². The Kier molecular flexibility index (Phi) is 3.09. The van der Waals surface area contributed by atoms with Crippen LogP contribution in [0.1, 0.15) is 13.8 Å². The Labute approximate surface area is 75.0 Å². The van der Waals surface area contributed by atoms with Gasteiger partial charge in [0.05, 0.1) is 0 Å². The lowest BCUT2D eigenvalue weighted by molar-refractivity contribution is 0.577. The van der Waals surface area contributed by atoms with Crippen LogP contribution in [0, 0.1) is 11.6 Å². The van der Waals surface area contributed by atoms with Crippen molar-refractivity contribution in [1.29, 1.82) is 0 Å². The minimum absolute atomic E-state index is 0.339. The van der Waals surface area contributed by atoms with Crippen LogP contribution in [0.4, 0.5) is 8.78 Å². The van der Waals surface area contributed by atoms with Gasteiger partial charge in [0.1, 0.15) is 11.6 Å². The van der Waals surface area contributed by atoms with E-state index in [1.165, 1.54) is 23.9 Å². The second-order valence-electron chi connectivity index (χ2n) is 2.77. The molecule has 1 aromatic rings. The zero-order valence-corrected chi connectivity index (χ0v) is 7.79. The van der Waals surface area contributed by atoms with Gasteiger partial charge in [0.25, 0.3) is 0 Å². The van der Waals surface area contributed by atoms with Gasteiger partial charge in [-0.2, -0.15) is 0 Å². The van der Waals surface area contributed by atoms with Crippen molar-refractivity contribution in [1.82, 2.24) is 0 Å². The Hall–Kier alpha value is -0.570. The fourth-order valence-electron chi connectivity index (χ4n) is 0.869. The smallest absolute Gasteiger partial charge is 0.127 e. The minimum Gasteiger partial charge on any atom is -0.207 e. The molecule has 1 aromatic carbocycles. The summed E-state index contributed by atoms with van der Waals surface area (Å²) in [4.78, 5) is 0.641. The van der Waals surface area contributed by atoms with Crippen LogP contribution >= 0.6 is 11.8 Å². The van der Waals surface area contributed by atoms with Crippen LogP contribution in [0.25, 0.3) is 0 Å². The quantitative estimate of drug-likeness (QED) is 0.640. The van der Waals surface area contributed by atoms with Crippen LogP contribution in [-0.2, 0) is 0 Å². The molecule has 0 fully saturated rings. The van der Waals surface area contributed by atoms with Crippen LogP contribution in [-0.4, -0.2) is 5.25 Å². The molecule has 12 heavy (non-hydrogen) atoms. The van der Waals surface area contributed by atoms with Crippen molar-refractivity contribution >= 4 is 11.8 Å². The minimum atomic E-state index is -0.516. The van der Waals surface area contributed by atoms with Crippen LogP contribution in [0.5, 0.6) is 0 Å². The first-order valence-corrected chi connectivity index (χ1v) is 4.58. The maximum Gasteiger partial charge on any atom is 0.127 e. The molecule has 1 rings (SSSR count). The van der Waals surface area contributed by atoms with Crippen molar-refractivity contribution in [3.8, 4) is 0 Å². The molecule has 66 valence electrons. The van der Waals surface area contributed by atoms with E-state index in [2.05, 4.69) is 0 Å². The lowest BCUT2D eigenvalue weighted by Crippen LogP contribution is -1.88. The highest BCUT2D eigenvalue weighted by Crippen LogP contribution is 2.24. The summed E-state index contributed by atoms with van der Waals surface area (Å²) in [6.45, 7) is 3.96. The van der Waals surface area contributed by atoms with E-state index < -0.39 is 11.6 Å². The normalized spacial score (nSPS) is 10.8. The molecule has 0 saturated carbocycles. The van der Waals surface area contributed by atoms with E-state index in [0.29, 0.717) is 10.1 Å². The third-order valence-corrected chi connectivity index (χ3v) is 2.19. The largest absolute Gasteiger partial charge is 0.207 e. The van der Waals surface area contributed by atoms with Gasteiger partial charge in [-0.3, -0.25) is 0 Å². The summed E-state index contributed by atoms with van der Waals surface area (Å²) in [5, 5.41) is 0.339. The molecule has 0 aliphatic carbocycles. The Balaban J connectivity index is 2.85. The molecule has 3 heteroatoms. The molecular weight excluding hydrogens is 178 g/mol. The van der Waals surface area contributed by atoms with Gasteiger partial charge < -0.3 is 0 Å². The third-order valence-electron chi connectivity index (χ3n) is 1.21. The van der Waals surface area contributed by atoms with E-state index in [1.54, 1.807) is 0 Å². The molecule has 0 nitrogen and oxygen atoms in total. The van der Waals surface area contributed by atoms with Crippen molar-refractivity contribution in [3.05, 3.63) is 29.8 Å². The zero-order valence-electron chi connectivity index (χ0n) is 6.97. The van der Waals surface area contributed by atoms with Crippen molar-refractivity contribution in [3.63, 3.8) is 0 Å². The van der Waals surface area contributed by atoms with E-state index in [9.17, 15) is 8.78 Å². The van der Waals surface area contributed by atoms with Crippen molar-refractivity contribution in [2.24, 2.45) is 0 Å². The molecule has 0 radical (unpaired) electrons. The van der Waals surface area contributed by atoms with Gasteiger partial charge in [0, 0.05) is 16.2 Å². The average Bonchev–Trinajstić information content (AvgIpc) is 1.81. The first-order chi connectivity index (χ1) is 5.58. The van der Waals surface area contributed by atoms with Gasteiger partial charge in [-0.1, -0.05) is 13.8 Å². The molecule has 0 atom stereocenters. The number of rotatable bonds is 2. The Morgan fingerprint density at radius 2 is 1.58 bits per heavy atom.